The van der Waals surface area contributed by atoms with Crippen LogP contribution < -0.4 is 16.4 Å². The molecule has 16 heavy (non-hydrogen) atoms. The second kappa shape index (κ2) is 5.18. The van der Waals surface area contributed by atoms with Crippen LogP contribution in [0.5, 0.6) is 0 Å². The number of nitrogens with one attached hydrogen (secondary N) is 2. The Labute approximate surface area is 95.8 Å². The maximum absolute atomic E-state index is 9.01. The van der Waals surface area contributed by atoms with E-state index in [0.29, 0.717) is 12.5 Å². The number of rotatable bonds is 4. The standard InChI is InChI=1S/C12H19N3O/c13-10-1-2-12(9(7-10)4-6-16)15-11-3-5-14-8-11/h1-2,7,11,14-16H,3-6,8,13H2. The Kier molecular flexibility index (Phi) is 3.64. The minimum atomic E-state index is 0.154. The van der Waals surface area contributed by atoms with Crippen molar-refractivity contribution in [2.75, 3.05) is 30.7 Å². The van der Waals surface area contributed by atoms with Crippen molar-refractivity contribution in [3.05, 3.63) is 23.8 Å². The van der Waals surface area contributed by atoms with Crippen molar-refractivity contribution in [1.29, 1.82) is 0 Å². The molecule has 0 bridgehead atoms. The van der Waals surface area contributed by atoms with Gasteiger partial charge in [-0.2, -0.15) is 0 Å². The van der Waals surface area contributed by atoms with E-state index in [1.807, 2.05) is 18.2 Å². The zero-order valence-electron chi connectivity index (χ0n) is 9.37. The quantitative estimate of drug-likeness (QED) is 0.561. The van der Waals surface area contributed by atoms with Crippen LogP contribution in [0.1, 0.15) is 12.0 Å². The van der Waals surface area contributed by atoms with Gasteiger partial charge in [0.2, 0.25) is 0 Å². The highest BCUT2D eigenvalue weighted by Crippen LogP contribution is 2.21. The van der Waals surface area contributed by atoms with Crippen LogP contribution in [0.4, 0.5) is 11.4 Å². The summed E-state index contributed by atoms with van der Waals surface area (Å²) >= 11 is 0. The number of aliphatic hydroxyl groups is 1. The van der Waals surface area contributed by atoms with Gasteiger partial charge in [-0.05, 0) is 43.1 Å². The topological polar surface area (TPSA) is 70.3 Å². The maximum atomic E-state index is 9.01. The van der Waals surface area contributed by atoms with Crippen LogP contribution in [-0.2, 0) is 6.42 Å². The van der Waals surface area contributed by atoms with Crippen LogP contribution in [0, 0.1) is 0 Å². The number of hydrogen-bond donors (Lipinski definition) is 4. The molecule has 5 N–H and O–H groups in total. The van der Waals surface area contributed by atoms with Crippen LogP contribution in [0.3, 0.4) is 0 Å². The molecule has 0 saturated carbocycles. The zero-order chi connectivity index (χ0) is 11.4. The highest BCUT2D eigenvalue weighted by atomic mass is 16.2. The molecule has 0 amide bonds. The molecule has 4 nitrogen and oxygen atoms in total. The number of hydrogen-bond acceptors (Lipinski definition) is 4. The third kappa shape index (κ3) is 2.65. The molecule has 2 rings (SSSR count). The molecule has 1 unspecified atom stereocenters. The van der Waals surface area contributed by atoms with Gasteiger partial charge < -0.3 is 21.5 Å². The van der Waals surface area contributed by atoms with Crippen LogP contribution >= 0.6 is 0 Å². The van der Waals surface area contributed by atoms with E-state index < -0.39 is 0 Å². The van der Waals surface area contributed by atoms with E-state index in [-0.39, 0.29) is 6.61 Å². The molecule has 1 aliphatic rings. The Morgan fingerprint density at radius 2 is 2.38 bits per heavy atom. The lowest BCUT2D eigenvalue weighted by atomic mass is 10.1. The van der Waals surface area contributed by atoms with Gasteiger partial charge in [0.15, 0.2) is 0 Å². The average Bonchev–Trinajstić information content (AvgIpc) is 2.75. The molecule has 0 spiro atoms. The van der Waals surface area contributed by atoms with E-state index >= 15 is 0 Å². The van der Waals surface area contributed by atoms with E-state index in [0.717, 1.165) is 36.4 Å². The van der Waals surface area contributed by atoms with Crippen molar-refractivity contribution in [3.63, 3.8) is 0 Å². The van der Waals surface area contributed by atoms with E-state index in [1.54, 1.807) is 0 Å². The first-order chi connectivity index (χ1) is 7.79. The van der Waals surface area contributed by atoms with Gasteiger partial charge in [-0.1, -0.05) is 0 Å². The molecule has 1 heterocycles. The minimum absolute atomic E-state index is 0.154. The predicted molar refractivity (Wildman–Crippen MR) is 66.5 cm³/mol. The molecule has 1 aromatic rings. The van der Waals surface area contributed by atoms with Gasteiger partial charge in [-0.15, -0.1) is 0 Å². The molecule has 0 aliphatic carbocycles. The molecule has 1 aromatic carbocycles. The lowest BCUT2D eigenvalue weighted by Crippen LogP contribution is -2.22. The van der Waals surface area contributed by atoms with Crippen LogP contribution in [0.25, 0.3) is 0 Å². The average molecular weight is 221 g/mol. The minimum Gasteiger partial charge on any atom is -0.399 e. The first-order valence-electron chi connectivity index (χ1n) is 5.76. The normalized spacial score (nSPS) is 19.9. The molecule has 0 radical (unpaired) electrons. The Bertz CT molecular complexity index is 348. The summed E-state index contributed by atoms with van der Waals surface area (Å²) < 4.78 is 0. The number of nitrogen functional groups attached to an aromatic ring is 1. The fourth-order valence-electron chi connectivity index (χ4n) is 2.08. The number of nitrogens with two attached hydrogens (primary N) is 1. The van der Waals surface area contributed by atoms with Gasteiger partial charge in [0.25, 0.3) is 0 Å². The van der Waals surface area contributed by atoms with Crippen LogP contribution in [0.2, 0.25) is 0 Å². The van der Waals surface area contributed by atoms with Gasteiger partial charge in [-0.3, -0.25) is 0 Å². The second-order valence-electron chi connectivity index (χ2n) is 4.22. The van der Waals surface area contributed by atoms with Gasteiger partial charge in [-0.25, -0.2) is 0 Å². The number of anilines is 2. The van der Waals surface area contributed by atoms with Gasteiger partial charge in [0.05, 0.1) is 0 Å². The van der Waals surface area contributed by atoms with E-state index in [4.69, 9.17) is 10.8 Å². The molecule has 88 valence electrons. The van der Waals surface area contributed by atoms with E-state index in [2.05, 4.69) is 10.6 Å². The first-order valence-corrected chi connectivity index (χ1v) is 5.76. The third-order valence-corrected chi connectivity index (χ3v) is 2.93. The van der Waals surface area contributed by atoms with Crippen molar-refractivity contribution in [2.24, 2.45) is 0 Å². The molecule has 4 heteroatoms. The Hall–Kier alpha value is -1.26. The summed E-state index contributed by atoms with van der Waals surface area (Å²) in [6, 6.07) is 6.31. The van der Waals surface area contributed by atoms with Gasteiger partial charge >= 0.3 is 0 Å². The predicted octanol–water partition coefficient (Wildman–Crippen LogP) is 0.577. The maximum Gasteiger partial charge on any atom is 0.0472 e. The van der Waals surface area contributed by atoms with E-state index in [1.165, 1.54) is 0 Å². The van der Waals surface area contributed by atoms with Crippen LogP contribution in [0.15, 0.2) is 18.2 Å². The van der Waals surface area contributed by atoms with Crippen molar-refractivity contribution in [3.8, 4) is 0 Å². The van der Waals surface area contributed by atoms with Crippen molar-refractivity contribution >= 4 is 11.4 Å². The van der Waals surface area contributed by atoms with Gasteiger partial charge in [0.1, 0.15) is 0 Å². The monoisotopic (exact) mass is 221 g/mol. The SMILES string of the molecule is Nc1ccc(NC2CCNC2)c(CCO)c1. The summed E-state index contributed by atoms with van der Waals surface area (Å²) in [6.45, 7) is 2.23. The summed E-state index contributed by atoms with van der Waals surface area (Å²) in [4.78, 5) is 0. The van der Waals surface area contributed by atoms with E-state index in [9.17, 15) is 0 Å². The lowest BCUT2D eigenvalue weighted by Gasteiger charge is -2.16. The van der Waals surface area contributed by atoms with Gasteiger partial charge in [0, 0.05) is 30.6 Å². The molecular formula is C12H19N3O. The van der Waals surface area contributed by atoms with Crippen LogP contribution in [-0.4, -0.2) is 30.8 Å². The molecule has 1 saturated heterocycles. The highest BCUT2D eigenvalue weighted by molar-refractivity contribution is 5.58. The third-order valence-electron chi connectivity index (χ3n) is 2.93. The summed E-state index contributed by atoms with van der Waals surface area (Å²) in [5.74, 6) is 0. The Balaban J connectivity index is 2.11. The number of aliphatic hydroxyl groups excluding tert-OH is 1. The largest absolute Gasteiger partial charge is 0.399 e. The summed E-state index contributed by atoms with van der Waals surface area (Å²) in [5, 5.41) is 15.8. The van der Waals surface area contributed by atoms with Crippen molar-refractivity contribution < 1.29 is 5.11 Å². The summed E-state index contributed by atoms with van der Waals surface area (Å²) in [7, 11) is 0. The zero-order valence-corrected chi connectivity index (χ0v) is 9.37. The summed E-state index contributed by atoms with van der Waals surface area (Å²) in [6.07, 6.45) is 1.79. The van der Waals surface area contributed by atoms with Crippen molar-refractivity contribution in [1.82, 2.24) is 5.32 Å². The lowest BCUT2D eigenvalue weighted by molar-refractivity contribution is 0.300. The Morgan fingerprint density at radius 3 is 3.06 bits per heavy atom. The summed E-state index contributed by atoms with van der Waals surface area (Å²) in [5.41, 5.74) is 8.68. The second-order valence-corrected chi connectivity index (χ2v) is 4.22. The fourth-order valence-corrected chi connectivity index (χ4v) is 2.08. The molecule has 1 aliphatic heterocycles. The molecule has 1 atom stereocenters. The molecular weight excluding hydrogens is 202 g/mol. The number of benzene rings is 1. The molecule has 1 fully saturated rings. The highest BCUT2D eigenvalue weighted by Gasteiger charge is 2.15. The fraction of sp³-hybridized carbons (Fsp3) is 0.500. The first kappa shape index (κ1) is 11.2. The smallest absolute Gasteiger partial charge is 0.0472 e. The Morgan fingerprint density at radius 1 is 1.50 bits per heavy atom. The molecule has 0 aromatic heterocycles. The van der Waals surface area contributed by atoms with Crippen molar-refractivity contribution in [2.45, 2.75) is 18.9 Å².